The van der Waals surface area contributed by atoms with E-state index in [1.54, 1.807) is 0 Å². The molecule has 0 radical (unpaired) electrons. The fraction of sp³-hybridized carbons (Fsp3) is 0. The number of hydrogen-bond acceptors (Lipinski definition) is 2. The quantitative estimate of drug-likeness (QED) is 0.141. The zero-order valence-electron chi connectivity index (χ0n) is 26.1. The molecule has 0 aliphatic rings. The summed E-state index contributed by atoms with van der Waals surface area (Å²) in [6.45, 7) is 0. The van der Waals surface area contributed by atoms with E-state index in [0.29, 0.717) is 11.1 Å². The first kappa shape index (κ1) is 29.0. The molecule has 0 aliphatic carbocycles. The van der Waals surface area contributed by atoms with Crippen molar-refractivity contribution in [2.24, 2.45) is 0 Å². The van der Waals surface area contributed by atoms with Crippen LogP contribution in [0.15, 0.2) is 176 Å². The summed E-state index contributed by atoms with van der Waals surface area (Å²) in [5, 5.41) is 26.9. The van der Waals surface area contributed by atoms with Gasteiger partial charge in [0.2, 0.25) is 0 Å². The molecule has 224 valence electrons. The van der Waals surface area contributed by atoms with E-state index < -0.39 is 8.07 Å². The first-order valence-electron chi connectivity index (χ1n) is 16.0. The van der Waals surface area contributed by atoms with Crippen molar-refractivity contribution in [3.63, 3.8) is 0 Å². The van der Waals surface area contributed by atoms with Crippen LogP contribution in [0.3, 0.4) is 0 Å². The van der Waals surface area contributed by atoms with Gasteiger partial charge in [-0.1, -0.05) is 127 Å². The van der Waals surface area contributed by atoms with Gasteiger partial charge in [0.1, 0.15) is 0 Å². The van der Waals surface area contributed by atoms with Gasteiger partial charge in [0.15, 0.2) is 8.07 Å². The summed E-state index contributed by atoms with van der Waals surface area (Å²) in [6, 6.07) is 66.4. The minimum atomic E-state index is -2.91. The third-order valence-electron chi connectivity index (χ3n) is 9.41. The maximum Gasteiger partial charge on any atom is 0.180 e. The lowest BCUT2D eigenvalue weighted by atomic mass is 10.0. The second kappa shape index (κ2) is 12.0. The molecule has 8 aromatic rings. The minimum Gasteiger partial charge on any atom is -0.309 e. The Kier molecular flexibility index (Phi) is 7.27. The first-order chi connectivity index (χ1) is 23.7. The molecule has 0 unspecified atom stereocenters. The number of hydrogen-bond donors (Lipinski definition) is 0. The number of benzene rings is 7. The van der Waals surface area contributed by atoms with Gasteiger partial charge in [-0.05, 0) is 80.4 Å². The molecule has 48 heavy (non-hydrogen) atoms. The molecule has 0 atom stereocenters. The number of fused-ring (bicyclic) bond motifs is 3. The molecule has 0 bridgehead atoms. The van der Waals surface area contributed by atoms with Crippen LogP contribution in [0.1, 0.15) is 11.1 Å². The van der Waals surface area contributed by atoms with E-state index >= 15 is 0 Å². The van der Waals surface area contributed by atoms with E-state index in [4.69, 9.17) is 0 Å². The van der Waals surface area contributed by atoms with Gasteiger partial charge in [-0.3, -0.25) is 0 Å². The first-order valence-corrected chi connectivity index (χ1v) is 18.0. The third kappa shape index (κ3) is 4.64. The van der Waals surface area contributed by atoms with Crippen molar-refractivity contribution < 1.29 is 0 Å². The smallest absolute Gasteiger partial charge is 0.180 e. The van der Waals surface area contributed by atoms with Crippen molar-refractivity contribution >= 4 is 50.6 Å². The van der Waals surface area contributed by atoms with Crippen LogP contribution in [-0.4, -0.2) is 12.6 Å². The molecule has 7 aromatic carbocycles. The van der Waals surface area contributed by atoms with Crippen LogP contribution in [0.4, 0.5) is 0 Å². The van der Waals surface area contributed by atoms with Crippen molar-refractivity contribution in [3.8, 4) is 29.0 Å². The SMILES string of the molecule is N#Cc1ccc(-c2ccc(-n3c4ccccc4c4cc(C#N)ccc43)cc2)c([Si](c2ccccc2)(c2ccccc2)c2ccccc2)c1. The zero-order valence-corrected chi connectivity index (χ0v) is 27.1. The van der Waals surface area contributed by atoms with Crippen LogP contribution in [0, 0.1) is 22.7 Å². The summed E-state index contributed by atoms with van der Waals surface area (Å²) in [6.07, 6.45) is 0. The summed E-state index contributed by atoms with van der Waals surface area (Å²) in [4.78, 5) is 0. The summed E-state index contributed by atoms with van der Waals surface area (Å²) >= 11 is 0. The molecule has 0 spiro atoms. The van der Waals surface area contributed by atoms with E-state index in [1.807, 2.05) is 30.3 Å². The summed E-state index contributed by atoms with van der Waals surface area (Å²) < 4.78 is 2.27. The largest absolute Gasteiger partial charge is 0.309 e. The van der Waals surface area contributed by atoms with Gasteiger partial charge in [0, 0.05) is 16.5 Å². The van der Waals surface area contributed by atoms with Gasteiger partial charge in [-0.25, -0.2) is 0 Å². The standard InChI is InChI=1S/C44H29N3Si/c45-30-32-21-27-43-41(28-32)40-18-10-11-19-42(40)47(43)35-24-22-34(23-25-35)39-26-20-33(31-46)29-44(39)48(36-12-4-1-5-13-36,37-14-6-2-7-15-37)38-16-8-3-9-17-38/h1-29H. The van der Waals surface area contributed by atoms with Gasteiger partial charge in [0.25, 0.3) is 0 Å². The minimum absolute atomic E-state index is 0.645. The highest BCUT2D eigenvalue weighted by molar-refractivity contribution is 7.20. The predicted octanol–water partition coefficient (Wildman–Crippen LogP) is 7.57. The fourth-order valence-corrected chi connectivity index (χ4v) is 12.3. The molecule has 1 aromatic heterocycles. The van der Waals surface area contributed by atoms with E-state index in [2.05, 4.69) is 162 Å². The van der Waals surface area contributed by atoms with Gasteiger partial charge in [-0.2, -0.15) is 10.5 Å². The Morgan fingerprint density at radius 2 is 0.938 bits per heavy atom. The molecule has 0 saturated carbocycles. The number of rotatable bonds is 6. The predicted molar refractivity (Wildman–Crippen MR) is 199 cm³/mol. The van der Waals surface area contributed by atoms with E-state index in [9.17, 15) is 10.5 Å². The zero-order chi connectivity index (χ0) is 32.5. The molecule has 0 fully saturated rings. The Morgan fingerprint density at radius 1 is 0.438 bits per heavy atom. The van der Waals surface area contributed by atoms with Crippen molar-refractivity contribution in [1.82, 2.24) is 4.57 Å². The molecular weight excluding hydrogens is 599 g/mol. The van der Waals surface area contributed by atoms with Gasteiger partial charge in [-0.15, -0.1) is 0 Å². The number of para-hydroxylation sites is 1. The van der Waals surface area contributed by atoms with Crippen LogP contribution in [0.2, 0.25) is 0 Å². The van der Waals surface area contributed by atoms with Gasteiger partial charge < -0.3 is 4.57 Å². The number of aromatic nitrogens is 1. The second-order valence-electron chi connectivity index (χ2n) is 12.0. The Bertz CT molecular complexity index is 2410. The van der Waals surface area contributed by atoms with Crippen LogP contribution in [0.5, 0.6) is 0 Å². The van der Waals surface area contributed by atoms with Crippen LogP contribution in [0.25, 0.3) is 38.6 Å². The molecule has 0 aliphatic heterocycles. The summed E-state index contributed by atoms with van der Waals surface area (Å²) in [5.41, 5.74) is 6.70. The lowest BCUT2D eigenvalue weighted by molar-refractivity contribution is 1.18. The monoisotopic (exact) mass is 627 g/mol. The van der Waals surface area contributed by atoms with Crippen LogP contribution in [-0.2, 0) is 0 Å². The molecule has 1 heterocycles. The Labute approximate surface area is 280 Å². The van der Waals surface area contributed by atoms with Crippen molar-refractivity contribution in [2.75, 3.05) is 0 Å². The fourth-order valence-electron chi connectivity index (χ4n) is 7.32. The van der Waals surface area contributed by atoms with Crippen LogP contribution >= 0.6 is 0 Å². The topological polar surface area (TPSA) is 52.5 Å². The third-order valence-corrected chi connectivity index (χ3v) is 14.2. The maximum atomic E-state index is 10.2. The van der Waals surface area contributed by atoms with E-state index in [-0.39, 0.29) is 0 Å². The van der Waals surface area contributed by atoms with Crippen molar-refractivity contribution in [3.05, 3.63) is 187 Å². The molecule has 3 nitrogen and oxygen atoms in total. The highest BCUT2D eigenvalue weighted by Crippen LogP contribution is 2.33. The molecule has 4 heteroatoms. The molecular formula is C44H29N3Si. The maximum absolute atomic E-state index is 10.2. The van der Waals surface area contributed by atoms with Crippen molar-refractivity contribution in [1.29, 1.82) is 10.5 Å². The molecule has 0 amide bonds. The Morgan fingerprint density at radius 3 is 1.52 bits per heavy atom. The number of nitriles is 2. The van der Waals surface area contributed by atoms with E-state index in [0.717, 1.165) is 38.6 Å². The van der Waals surface area contributed by atoms with Gasteiger partial charge in [0.05, 0.1) is 34.3 Å². The van der Waals surface area contributed by atoms with E-state index in [1.165, 1.54) is 20.7 Å². The average Bonchev–Trinajstić information content (AvgIpc) is 3.50. The van der Waals surface area contributed by atoms with Crippen LogP contribution < -0.4 is 20.7 Å². The Balaban J connectivity index is 1.38. The summed E-state index contributed by atoms with van der Waals surface area (Å²) in [5.74, 6) is 0. The van der Waals surface area contributed by atoms with Gasteiger partial charge >= 0.3 is 0 Å². The molecule has 0 saturated heterocycles. The van der Waals surface area contributed by atoms with Crippen molar-refractivity contribution in [2.45, 2.75) is 0 Å². The summed E-state index contributed by atoms with van der Waals surface area (Å²) in [7, 11) is -2.91. The second-order valence-corrected chi connectivity index (χ2v) is 15.7. The average molecular weight is 628 g/mol. The highest BCUT2D eigenvalue weighted by atomic mass is 28.3. The molecule has 0 N–H and O–H groups in total. The Hall–Kier alpha value is -6.46. The lowest BCUT2D eigenvalue weighted by Crippen LogP contribution is -2.75. The lowest BCUT2D eigenvalue weighted by Gasteiger charge is -2.36. The number of nitrogens with zero attached hydrogens (tertiary/aromatic N) is 3. The molecule has 8 rings (SSSR count). The highest BCUT2D eigenvalue weighted by Gasteiger charge is 2.43. The normalized spacial score (nSPS) is 11.3.